The van der Waals surface area contributed by atoms with Crippen LogP contribution in [0.4, 0.5) is 0 Å². The molecule has 72 valence electrons. The third-order valence-electron chi connectivity index (χ3n) is 1.62. The summed E-state index contributed by atoms with van der Waals surface area (Å²) < 4.78 is 6.42. The molecular weight excluding hydrogens is 277 g/mol. The molecule has 0 aliphatic heterocycles. The lowest BCUT2D eigenvalue weighted by molar-refractivity contribution is 0.248. The average molecular weight is 291 g/mol. The highest BCUT2D eigenvalue weighted by Crippen LogP contribution is 2.11. The molecule has 0 aliphatic carbocycles. The lowest BCUT2D eigenvalue weighted by Gasteiger charge is -2.21. The Kier molecular flexibility index (Phi) is 3.99. The number of ether oxygens (including phenoxy) is 1. The summed E-state index contributed by atoms with van der Waals surface area (Å²) in [4.78, 5) is 0. The van der Waals surface area contributed by atoms with Gasteiger partial charge in [-0.3, -0.25) is 0 Å². The molecule has 0 bridgehead atoms. The minimum atomic E-state index is -0.240. The van der Waals surface area contributed by atoms with Crippen LogP contribution in [0.2, 0.25) is 0 Å². The summed E-state index contributed by atoms with van der Waals surface area (Å²) in [6.07, 6.45) is 0. The SMILES string of the molecule is CC(N)(CI)COc1ccccc1. The van der Waals surface area contributed by atoms with Crippen molar-refractivity contribution in [1.29, 1.82) is 0 Å². The Morgan fingerprint density at radius 1 is 1.38 bits per heavy atom. The molecule has 0 saturated carbocycles. The largest absolute Gasteiger partial charge is 0.492 e. The van der Waals surface area contributed by atoms with Gasteiger partial charge in [0.05, 0.1) is 5.54 Å². The fourth-order valence-corrected chi connectivity index (χ4v) is 1.02. The number of rotatable bonds is 4. The van der Waals surface area contributed by atoms with E-state index in [2.05, 4.69) is 22.6 Å². The van der Waals surface area contributed by atoms with Crippen molar-refractivity contribution >= 4 is 22.6 Å². The van der Waals surface area contributed by atoms with Gasteiger partial charge in [-0.05, 0) is 19.1 Å². The monoisotopic (exact) mass is 291 g/mol. The van der Waals surface area contributed by atoms with E-state index in [9.17, 15) is 0 Å². The summed E-state index contributed by atoms with van der Waals surface area (Å²) in [5.74, 6) is 0.879. The maximum atomic E-state index is 5.93. The molecule has 1 aromatic carbocycles. The molecule has 0 fully saturated rings. The standard InChI is InChI=1S/C10H14INO/c1-10(12,7-11)8-13-9-5-3-2-4-6-9/h2-6H,7-8,12H2,1H3. The van der Waals surface area contributed by atoms with E-state index in [-0.39, 0.29) is 5.54 Å². The molecule has 1 unspecified atom stereocenters. The molecule has 0 aromatic heterocycles. The summed E-state index contributed by atoms with van der Waals surface area (Å²) in [5, 5.41) is 0. The number of hydrogen-bond acceptors (Lipinski definition) is 2. The van der Waals surface area contributed by atoms with E-state index in [1.807, 2.05) is 37.3 Å². The van der Waals surface area contributed by atoms with E-state index < -0.39 is 0 Å². The Balaban J connectivity index is 2.44. The van der Waals surface area contributed by atoms with Crippen LogP contribution in [0.25, 0.3) is 0 Å². The van der Waals surface area contributed by atoms with Crippen LogP contribution in [-0.2, 0) is 0 Å². The van der Waals surface area contributed by atoms with Crippen LogP contribution in [0.15, 0.2) is 30.3 Å². The highest BCUT2D eigenvalue weighted by Gasteiger charge is 2.17. The lowest BCUT2D eigenvalue weighted by atomic mass is 10.1. The van der Waals surface area contributed by atoms with E-state index in [0.29, 0.717) is 6.61 Å². The first-order valence-corrected chi connectivity index (χ1v) is 5.69. The van der Waals surface area contributed by atoms with Crippen molar-refractivity contribution in [3.63, 3.8) is 0 Å². The number of nitrogens with two attached hydrogens (primary N) is 1. The molecule has 2 N–H and O–H groups in total. The zero-order chi connectivity index (χ0) is 9.73. The van der Waals surface area contributed by atoms with Gasteiger partial charge in [0.1, 0.15) is 12.4 Å². The van der Waals surface area contributed by atoms with Gasteiger partial charge in [-0.15, -0.1) is 0 Å². The quantitative estimate of drug-likeness (QED) is 0.682. The van der Waals surface area contributed by atoms with Gasteiger partial charge in [0.2, 0.25) is 0 Å². The van der Waals surface area contributed by atoms with Crippen LogP contribution >= 0.6 is 22.6 Å². The second-order valence-electron chi connectivity index (χ2n) is 3.39. The molecule has 3 heteroatoms. The van der Waals surface area contributed by atoms with Gasteiger partial charge in [-0.1, -0.05) is 40.8 Å². The predicted molar refractivity (Wildman–Crippen MR) is 63.4 cm³/mol. The second-order valence-corrected chi connectivity index (χ2v) is 4.15. The topological polar surface area (TPSA) is 35.2 Å². The third kappa shape index (κ3) is 3.95. The zero-order valence-corrected chi connectivity index (χ0v) is 9.82. The average Bonchev–Trinajstić information content (AvgIpc) is 2.17. The maximum absolute atomic E-state index is 5.93. The van der Waals surface area contributed by atoms with E-state index in [0.717, 1.165) is 10.2 Å². The maximum Gasteiger partial charge on any atom is 0.119 e. The normalized spacial score (nSPS) is 15.0. The Hall–Kier alpha value is -0.290. The first-order valence-electron chi connectivity index (χ1n) is 4.17. The highest BCUT2D eigenvalue weighted by molar-refractivity contribution is 14.1. The van der Waals surface area contributed by atoms with Gasteiger partial charge in [0, 0.05) is 4.43 Å². The smallest absolute Gasteiger partial charge is 0.119 e. The molecule has 2 nitrogen and oxygen atoms in total. The second kappa shape index (κ2) is 4.81. The summed E-state index contributed by atoms with van der Waals surface area (Å²) in [6.45, 7) is 2.54. The first kappa shape index (κ1) is 10.8. The zero-order valence-electron chi connectivity index (χ0n) is 7.66. The van der Waals surface area contributed by atoms with Crippen molar-refractivity contribution in [2.45, 2.75) is 12.5 Å². The molecule has 0 amide bonds. The lowest BCUT2D eigenvalue weighted by Crippen LogP contribution is -2.44. The molecule has 0 aliphatic rings. The van der Waals surface area contributed by atoms with E-state index in [4.69, 9.17) is 10.5 Å². The Labute approximate surface area is 92.6 Å². The Morgan fingerprint density at radius 2 is 2.00 bits per heavy atom. The molecule has 0 radical (unpaired) electrons. The molecule has 0 spiro atoms. The van der Waals surface area contributed by atoms with Crippen LogP contribution in [0.3, 0.4) is 0 Å². The van der Waals surface area contributed by atoms with Crippen LogP contribution < -0.4 is 10.5 Å². The van der Waals surface area contributed by atoms with Gasteiger partial charge in [-0.2, -0.15) is 0 Å². The number of para-hydroxylation sites is 1. The summed E-state index contributed by atoms with van der Waals surface area (Å²) >= 11 is 2.27. The summed E-state index contributed by atoms with van der Waals surface area (Å²) in [6, 6.07) is 9.74. The van der Waals surface area contributed by atoms with Crippen LogP contribution in [0.1, 0.15) is 6.92 Å². The van der Waals surface area contributed by atoms with E-state index in [1.54, 1.807) is 0 Å². The van der Waals surface area contributed by atoms with Crippen LogP contribution in [0.5, 0.6) is 5.75 Å². The molecule has 0 saturated heterocycles. The Morgan fingerprint density at radius 3 is 2.54 bits per heavy atom. The van der Waals surface area contributed by atoms with Crippen molar-refractivity contribution < 1.29 is 4.74 Å². The summed E-state index contributed by atoms with van der Waals surface area (Å²) in [7, 11) is 0. The van der Waals surface area contributed by atoms with Crippen molar-refractivity contribution in [3.8, 4) is 5.75 Å². The molecule has 1 rings (SSSR count). The molecular formula is C10H14INO. The molecule has 1 atom stereocenters. The van der Waals surface area contributed by atoms with E-state index in [1.165, 1.54) is 0 Å². The minimum absolute atomic E-state index is 0.240. The predicted octanol–water partition coefficient (Wildman–Crippen LogP) is 2.22. The van der Waals surface area contributed by atoms with Crippen molar-refractivity contribution in [3.05, 3.63) is 30.3 Å². The van der Waals surface area contributed by atoms with Crippen molar-refractivity contribution in [1.82, 2.24) is 0 Å². The molecule has 13 heavy (non-hydrogen) atoms. The van der Waals surface area contributed by atoms with Gasteiger partial charge < -0.3 is 10.5 Å². The van der Waals surface area contributed by atoms with Crippen LogP contribution in [0, 0.1) is 0 Å². The highest BCUT2D eigenvalue weighted by atomic mass is 127. The van der Waals surface area contributed by atoms with Crippen molar-refractivity contribution in [2.24, 2.45) is 5.73 Å². The van der Waals surface area contributed by atoms with Gasteiger partial charge in [0.15, 0.2) is 0 Å². The number of halogens is 1. The fourth-order valence-electron chi connectivity index (χ4n) is 0.803. The summed E-state index contributed by atoms with van der Waals surface area (Å²) in [5.41, 5.74) is 5.69. The first-order chi connectivity index (χ1) is 6.14. The van der Waals surface area contributed by atoms with Crippen molar-refractivity contribution in [2.75, 3.05) is 11.0 Å². The minimum Gasteiger partial charge on any atom is -0.492 e. The Bertz CT molecular complexity index is 248. The number of hydrogen-bond donors (Lipinski definition) is 1. The third-order valence-corrected chi connectivity index (χ3v) is 3.36. The van der Waals surface area contributed by atoms with Gasteiger partial charge >= 0.3 is 0 Å². The molecule has 0 heterocycles. The number of benzene rings is 1. The van der Waals surface area contributed by atoms with Gasteiger partial charge in [0.25, 0.3) is 0 Å². The fraction of sp³-hybridized carbons (Fsp3) is 0.400. The van der Waals surface area contributed by atoms with E-state index >= 15 is 0 Å². The van der Waals surface area contributed by atoms with Gasteiger partial charge in [-0.25, -0.2) is 0 Å². The van der Waals surface area contributed by atoms with Crippen LogP contribution in [-0.4, -0.2) is 16.6 Å². The molecule has 1 aromatic rings. The number of alkyl halides is 1.